The maximum absolute atomic E-state index is 13.7. The molecule has 4 rings (SSSR count). The number of benzene rings is 2. The molecule has 12 heteroatoms. The van der Waals surface area contributed by atoms with Gasteiger partial charge in [0, 0.05) is 55.9 Å². The third kappa shape index (κ3) is 12.1. The number of nitrogens with one attached hydrogen (secondary N) is 4. The van der Waals surface area contributed by atoms with Crippen molar-refractivity contribution in [2.45, 2.75) is 64.2 Å². The van der Waals surface area contributed by atoms with Crippen molar-refractivity contribution in [3.63, 3.8) is 0 Å². The highest BCUT2D eigenvalue weighted by Gasteiger charge is 2.30. The standard InChI is InChI=1S/C36H48F3N6O2P/c1-27(46)40-19-6-4-5-7-20-42-35(47)25-44-22-17-29(18-23-44)43-33-11-8-12-34-32(33)24-30(45(34)26-36(37,38)39)10-9-21-41-28-13-15-31(16-14-28)48(2)3/h8,11-16,24,29,41,43H,4-7,17-23,25-26H2,1-3H3,(H,40,46)(H,42,47). The van der Waals surface area contributed by atoms with Gasteiger partial charge in [0.25, 0.3) is 0 Å². The number of hydrogen-bond donors (Lipinski definition) is 4. The molecule has 3 aromatic rings. The average Bonchev–Trinajstić information content (AvgIpc) is 3.38. The molecule has 8 nitrogen and oxygen atoms in total. The van der Waals surface area contributed by atoms with E-state index in [4.69, 9.17) is 0 Å². The molecule has 1 aliphatic heterocycles. The SMILES string of the molecule is CC(=O)NCCCCCCNC(=O)CN1CCC(Nc2cccc3c2cc(C#CCNc2ccc(P(C)C)cc2)n3CC(F)(F)F)CC1. The van der Waals surface area contributed by atoms with Gasteiger partial charge in [-0.15, -0.1) is 0 Å². The van der Waals surface area contributed by atoms with Crippen LogP contribution < -0.4 is 26.6 Å². The fourth-order valence-electron chi connectivity index (χ4n) is 5.83. The molecule has 2 heterocycles. The number of anilines is 2. The second-order valence-electron chi connectivity index (χ2n) is 12.5. The van der Waals surface area contributed by atoms with Gasteiger partial charge in [-0.1, -0.05) is 44.9 Å². The number of carbonyl (C=O) groups is 2. The van der Waals surface area contributed by atoms with Crippen LogP contribution in [0.5, 0.6) is 0 Å². The second-order valence-corrected chi connectivity index (χ2v) is 14.8. The van der Waals surface area contributed by atoms with Gasteiger partial charge < -0.3 is 25.8 Å². The Labute approximate surface area is 283 Å². The van der Waals surface area contributed by atoms with Gasteiger partial charge in [0.15, 0.2) is 0 Å². The molecule has 2 aromatic carbocycles. The van der Waals surface area contributed by atoms with E-state index < -0.39 is 12.7 Å². The van der Waals surface area contributed by atoms with Crippen LogP contribution in [0, 0.1) is 11.8 Å². The number of hydrogen-bond acceptors (Lipinski definition) is 5. The molecule has 1 saturated heterocycles. The van der Waals surface area contributed by atoms with E-state index in [9.17, 15) is 22.8 Å². The highest BCUT2D eigenvalue weighted by Crippen LogP contribution is 2.31. The molecule has 0 bridgehead atoms. The summed E-state index contributed by atoms with van der Waals surface area (Å²) in [6, 6.07) is 15.5. The molecule has 0 aliphatic carbocycles. The van der Waals surface area contributed by atoms with Gasteiger partial charge in [0.05, 0.1) is 24.3 Å². The lowest BCUT2D eigenvalue weighted by Crippen LogP contribution is -2.44. The first-order valence-electron chi connectivity index (χ1n) is 16.7. The first-order chi connectivity index (χ1) is 23.0. The van der Waals surface area contributed by atoms with Gasteiger partial charge in [-0.2, -0.15) is 13.2 Å². The van der Waals surface area contributed by atoms with E-state index in [0.717, 1.165) is 63.0 Å². The first-order valence-corrected chi connectivity index (χ1v) is 18.9. The quantitative estimate of drug-likeness (QED) is 0.0935. The monoisotopic (exact) mass is 684 g/mol. The summed E-state index contributed by atoms with van der Waals surface area (Å²) in [5.74, 6) is 6.00. The Hall–Kier alpha value is -3.74. The number of piperidine rings is 1. The van der Waals surface area contributed by atoms with Gasteiger partial charge in [-0.3, -0.25) is 14.5 Å². The summed E-state index contributed by atoms with van der Waals surface area (Å²) < 4.78 is 42.2. The third-order valence-corrected chi connectivity index (χ3v) is 9.71. The number of fused-ring (bicyclic) bond motifs is 1. The van der Waals surface area contributed by atoms with Crippen LogP contribution in [-0.4, -0.2) is 86.1 Å². The highest BCUT2D eigenvalue weighted by atomic mass is 31.1. The molecular weight excluding hydrogens is 636 g/mol. The van der Waals surface area contributed by atoms with E-state index in [2.05, 4.69) is 63.5 Å². The largest absolute Gasteiger partial charge is 0.406 e. The van der Waals surface area contributed by atoms with Crippen LogP contribution in [0.4, 0.5) is 24.5 Å². The zero-order chi connectivity index (χ0) is 34.5. The van der Waals surface area contributed by atoms with Gasteiger partial charge in [0.2, 0.25) is 11.8 Å². The number of carbonyl (C=O) groups excluding carboxylic acids is 2. The molecule has 0 spiro atoms. The summed E-state index contributed by atoms with van der Waals surface area (Å²) in [5.41, 5.74) is 2.52. The molecule has 1 aromatic heterocycles. The Balaban J connectivity index is 1.29. The highest BCUT2D eigenvalue weighted by molar-refractivity contribution is 7.64. The van der Waals surface area contributed by atoms with Crippen molar-refractivity contribution < 1.29 is 22.8 Å². The number of rotatable bonds is 15. The number of likely N-dealkylation sites (tertiary alicyclic amines) is 1. The molecule has 1 aliphatic rings. The number of nitrogens with zero attached hydrogens (tertiary/aromatic N) is 2. The van der Waals surface area contributed by atoms with Crippen LogP contribution in [0.15, 0.2) is 48.5 Å². The zero-order valence-corrected chi connectivity index (χ0v) is 29.1. The molecular formula is C36H48F3N6O2P. The Bertz CT molecular complexity index is 1550. The minimum Gasteiger partial charge on any atom is -0.382 e. The smallest absolute Gasteiger partial charge is 0.382 e. The van der Waals surface area contributed by atoms with Crippen LogP contribution in [-0.2, 0) is 16.1 Å². The molecule has 1 fully saturated rings. The third-order valence-electron chi connectivity index (χ3n) is 8.38. The van der Waals surface area contributed by atoms with Crippen molar-refractivity contribution in [1.29, 1.82) is 0 Å². The van der Waals surface area contributed by atoms with E-state index in [1.54, 1.807) is 18.2 Å². The maximum Gasteiger partial charge on any atom is 0.406 e. The average molecular weight is 685 g/mol. The van der Waals surface area contributed by atoms with Crippen molar-refractivity contribution in [2.75, 3.05) is 63.2 Å². The van der Waals surface area contributed by atoms with Crippen LogP contribution in [0.2, 0.25) is 0 Å². The Morgan fingerprint density at radius 1 is 0.958 bits per heavy atom. The fourth-order valence-corrected chi connectivity index (χ4v) is 6.58. The van der Waals surface area contributed by atoms with Crippen molar-refractivity contribution in [2.24, 2.45) is 0 Å². The molecule has 4 N–H and O–H groups in total. The van der Waals surface area contributed by atoms with Crippen LogP contribution in [0.1, 0.15) is 51.1 Å². The summed E-state index contributed by atoms with van der Waals surface area (Å²) in [6.45, 7) is 8.29. The van der Waals surface area contributed by atoms with Gasteiger partial charge in [0.1, 0.15) is 6.54 Å². The summed E-state index contributed by atoms with van der Waals surface area (Å²) in [4.78, 5) is 25.5. The summed E-state index contributed by atoms with van der Waals surface area (Å²) in [6.07, 6.45) is 1.10. The maximum atomic E-state index is 13.7. The van der Waals surface area contributed by atoms with Crippen LogP contribution in [0.25, 0.3) is 10.9 Å². The van der Waals surface area contributed by atoms with Gasteiger partial charge in [-0.05, 0) is 80.6 Å². The first kappa shape index (κ1) is 37.1. The van der Waals surface area contributed by atoms with E-state index in [-0.39, 0.29) is 25.8 Å². The summed E-state index contributed by atoms with van der Waals surface area (Å²) in [5, 5.41) is 14.6. The number of aromatic nitrogens is 1. The molecule has 0 atom stereocenters. The van der Waals surface area contributed by atoms with Crippen LogP contribution in [0.3, 0.4) is 0 Å². The predicted molar refractivity (Wildman–Crippen MR) is 191 cm³/mol. The van der Waals surface area contributed by atoms with Crippen molar-refractivity contribution in [3.05, 3.63) is 54.2 Å². The predicted octanol–water partition coefficient (Wildman–Crippen LogP) is 5.72. The molecule has 0 unspecified atom stereocenters. The topological polar surface area (TPSA) is 90.4 Å². The molecule has 2 amide bonds. The minimum absolute atomic E-state index is 0.0114. The molecule has 260 valence electrons. The number of unbranched alkanes of at least 4 members (excludes halogenated alkanes) is 3. The zero-order valence-electron chi connectivity index (χ0n) is 28.2. The number of amides is 2. The van der Waals surface area contributed by atoms with Crippen molar-refractivity contribution >= 4 is 47.3 Å². The lowest BCUT2D eigenvalue weighted by molar-refractivity contribution is -0.140. The van der Waals surface area contributed by atoms with E-state index in [1.165, 1.54) is 16.8 Å². The van der Waals surface area contributed by atoms with E-state index >= 15 is 0 Å². The second kappa shape index (κ2) is 18.1. The minimum atomic E-state index is -4.39. The Kier molecular flexibility index (Phi) is 14.0. The molecule has 48 heavy (non-hydrogen) atoms. The van der Waals surface area contributed by atoms with Gasteiger partial charge in [-0.25, -0.2) is 0 Å². The fraction of sp³-hybridized carbons (Fsp3) is 0.500. The Morgan fingerprint density at radius 3 is 2.29 bits per heavy atom. The summed E-state index contributed by atoms with van der Waals surface area (Å²) >= 11 is 0. The van der Waals surface area contributed by atoms with Crippen molar-refractivity contribution in [3.8, 4) is 11.8 Å². The van der Waals surface area contributed by atoms with Gasteiger partial charge >= 0.3 is 6.18 Å². The molecule has 0 radical (unpaired) electrons. The van der Waals surface area contributed by atoms with Crippen LogP contribution >= 0.6 is 7.92 Å². The van der Waals surface area contributed by atoms with E-state index in [0.29, 0.717) is 42.8 Å². The Morgan fingerprint density at radius 2 is 1.65 bits per heavy atom. The summed E-state index contributed by atoms with van der Waals surface area (Å²) in [7, 11) is -0.180. The number of halogens is 3. The molecule has 0 saturated carbocycles. The normalized spacial score (nSPS) is 14.1. The lowest BCUT2D eigenvalue weighted by atomic mass is 10.0. The van der Waals surface area contributed by atoms with E-state index in [1.807, 2.05) is 18.2 Å². The number of alkyl halides is 3. The van der Waals surface area contributed by atoms with Crippen molar-refractivity contribution in [1.82, 2.24) is 20.1 Å². The lowest BCUT2D eigenvalue weighted by Gasteiger charge is -2.32.